The molecule has 1 heterocycles. The van der Waals surface area contributed by atoms with E-state index in [1.54, 1.807) is 0 Å². The second kappa shape index (κ2) is 4.37. The highest BCUT2D eigenvalue weighted by atomic mass is 16.4. The maximum atomic E-state index is 11.0. The molecule has 0 bridgehead atoms. The lowest BCUT2D eigenvalue weighted by Gasteiger charge is -2.04. The molecule has 0 saturated heterocycles. The number of hydrogen-bond acceptors (Lipinski definition) is 2. The predicted molar refractivity (Wildman–Crippen MR) is 73.3 cm³/mol. The van der Waals surface area contributed by atoms with Crippen LogP contribution < -0.4 is 0 Å². The Hall–Kier alpha value is -1.84. The third-order valence-corrected chi connectivity index (χ3v) is 4.28. The Balaban J connectivity index is 1.92. The number of nitrogens with one attached hydrogen (secondary N) is 1. The van der Waals surface area contributed by atoms with Crippen molar-refractivity contribution in [2.24, 2.45) is 5.92 Å². The van der Waals surface area contributed by atoms with Crippen LogP contribution in [-0.2, 0) is 4.79 Å². The number of aromatic nitrogens is 2. The Morgan fingerprint density at radius 1 is 1.32 bits per heavy atom. The fraction of sp³-hybridized carbons (Fsp3) is 0.467. The van der Waals surface area contributed by atoms with Crippen LogP contribution >= 0.6 is 0 Å². The lowest BCUT2D eigenvalue weighted by molar-refractivity contribution is -0.141. The quantitative estimate of drug-likeness (QED) is 0.869. The van der Waals surface area contributed by atoms with Gasteiger partial charge >= 0.3 is 5.97 Å². The van der Waals surface area contributed by atoms with Crippen molar-refractivity contribution >= 4 is 17.0 Å². The van der Waals surface area contributed by atoms with Gasteiger partial charge in [0.2, 0.25) is 0 Å². The lowest BCUT2D eigenvalue weighted by atomic mass is 10.0. The van der Waals surface area contributed by atoms with Crippen LogP contribution in [0.4, 0.5) is 0 Å². The average Bonchev–Trinajstić information content (AvgIpc) is 2.95. The van der Waals surface area contributed by atoms with Crippen molar-refractivity contribution in [3.8, 4) is 0 Å². The molecule has 1 fully saturated rings. The first-order valence-electron chi connectivity index (χ1n) is 6.74. The number of rotatable bonds is 2. The highest BCUT2D eigenvalue weighted by Gasteiger charge is 2.32. The van der Waals surface area contributed by atoms with Crippen molar-refractivity contribution in [3.05, 3.63) is 29.1 Å². The molecule has 2 N–H and O–H groups in total. The maximum absolute atomic E-state index is 11.0. The second-order valence-corrected chi connectivity index (χ2v) is 5.62. The fourth-order valence-corrected chi connectivity index (χ4v) is 2.94. The van der Waals surface area contributed by atoms with Gasteiger partial charge in [0, 0.05) is 5.92 Å². The number of imidazole rings is 1. The molecule has 0 spiro atoms. The minimum atomic E-state index is -0.676. The number of fused-ring (bicyclic) bond motifs is 1. The summed E-state index contributed by atoms with van der Waals surface area (Å²) in [4.78, 5) is 19.0. The van der Waals surface area contributed by atoms with E-state index in [0.717, 1.165) is 29.7 Å². The number of carboxylic acid groups (broad SMARTS) is 1. The van der Waals surface area contributed by atoms with Gasteiger partial charge in [0.05, 0.1) is 17.0 Å². The summed E-state index contributed by atoms with van der Waals surface area (Å²) in [6.45, 7) is 4.17. The SMILES string of the molecule is Cc1cc2nc(C3CCC(C(=O)O)C3)[nH]c2cc1C. The average molecular weight is 258 g/mol. The molecule has 2 unspecified atom stereocenters. The molecule has 1 aromatic heterocycles. The van der Waals surface area contributed by atoms with Crippen molar-refractivity contribution in [2.75, 3.05) is 0 Å². The van der Waals surface area contributed by atoms with Crippen molar-refractivity contribution < 1.29 is 9.90 Å². The monoisotopic (exact) mass is 258 g/mol. The number of benzene rings is 1. The number of carboxylic acids is 1. The van der Waals surface area contributed by atoms with Crippen LogP contribution in [0, 0.1) is 19.8 Å². The van der Waals surface area contributed by atoms with Crippen molar-refractivity contribution in [1.29, 1.82) is 0 Å². The molecule has 1 aromatic carbocycles. The number of aryl methyl sites for hydroxylation is 2. The normalized spacial score (nSPS) is 23.1. The minimum Gasteiger partial charge on any atom is -0.481 e. The number of carbonyl (C=O) groups is 1. The largest absolute Gasteiger partial charge is 0.481 e. The summed E-state index contributed by atoms with van der Waals surface area (Å²) in [6.07, 6.45) is 2.37. The standard InChI is InChI=1S/C15H18N2O2/c1-8-5-12-13(6-9(8)2)17-14(16-12)10-3-4-11(7-10)15(18)19/h5-6,10-11H,3-4,7H2,1-2H3,(H,16,17)(H,18,19). The Kier molecular flexibility index (Phi) is 2.81. The highest BCUT2D eigenvalue weighted by molar-refractivity contribution is 5.77. The molecule has 0 aliphatic heterocycles. The Morgan fingerprint density at radius 3 is 2.74 bits per heavy atom. The molecule has 1 aliphatic carbocycles. The van der Waals surface area contributed by atoms with E-state index in [2.05, 4.69) is 35.9 Å². The molecule has 4 nitrogen and oxygen atoms in total. The molecule has 0 radical (unpaired) electrons. The number of hydrogen-bond donors (Lipinski definition) is 2. The Morgan fingerprint density at radius 2 is 2.05 bits per heavy atom. The van der Waals surface area contributed by atoms with Crippen LogP contribution in [0.2, 0.25) is 0 Å². The van der Waals surface area contributed by atoms with Gasteiger partial charge in [0.25, 0.3) is 0 Å². The molecule has 3 rings (SSSR count). The van der Waals surface area contributed by atoms with Gasteiger partial charge < -0.3 is 10.1 Å². The Bertz CT molecular complexity index is 606. The molecule has 2 atom stereocenters. The van der Waals surface area contributed by atoms with E-state index < -0.39 is 5.97 Å². The summed E-state index contributed by atoms with van der Waals surface area (Å²) in [5.41, 5.74) is 4.52. The van der Waals surface area contributed by atoms with E-state index in [1.807, 2.05) is 0 Å². The molecule has 0 amide bonds. The van der Waals surface area contributed by atoms with Gasteiger partial charge in [-0.1, -0.05) is 0 Å². The van der Waals surface area contributed by atoms with E-state index in [-0.39, 0.29) is 11.8 Å². The van der Waals surface area contributed by atoms with Crippen LogP contribution in [0.25, 0.3) is 11.0 Å². The molecule has 2 aromatic rings. The highest BCUT2D eigenvalue weighted by Crippen LogP contribution is 2.37. The number of aliphatic carboxylic acids is 1. The smallest absolute Gasteiger partial charge is 0.306 e. The predicted octanol–water partition coefficient (Wildman–Crippen LogP) is 3.15. The Labute approximate surface area is 111 Å². The maximum Gasteiger partial charge on any atom is 0.306 e. The molecular weight excluding hydrogens is 240 g/mol. The van der Waals surface area contributed by atoms with Crippen molar-refractivity contribution in [3.63, 3.8) is 0 Å². The zero-order valence-corrected chi connectivity index (χ0v) is 11.2. The second-order valence-electron chi connectivity index (χ2n) is 5.62. The summed E-state index contributed by atoms with van der Waals surface area (Å²) >= 11 is 0. The molecule has 100 valence electrons. The zero-order valence-electron chi connectivity index (χ0n) is 11.2. The number of H-pyrrole nitrogens is 1. The fourth-order valence-electron chi connectivity index (χ4n) is 2.94. The molecular formula is C15H18N2O2. The summed E-state index contributed by atoms with van der Waals surface area (Å²) in [6, 6.07) is 4.21. The summed E-state index contributed by atoms with van der Waals surface area (Å²) < 4.78 is 0. The summed E-state index contributed by atoms with van der Waals surface area (Å²) in [7, 11) is 0. The summed E-state index contributed by atoms with van der Waals surface area (Å²) in [5, 5.41) is 9.06. The van der Waals surface area contributed by atoms with E-state index in [9.17, 15) is 4.79 Å². The van der Waals surface area contributed by atoms with E-state index >= 15 is 0 Å². The molecule has 4 heteroatoms. The van der Waals surface area contributed by atoms with Gasteiger partial charge in [-0.2, -0.15) is 0 Å². The molecule has 1 saturated carbocycles. The third-order valence-electron chi connectivity index (χ3n) is 4.28. The zero-order chi connectivity index (χ0) is 13.6. The lowest BCUT2D eigenvalue weighted by Crippen LogP contribution is -2.09. The number of aromatic amines is 1. The summed E-state index contributed by atoms with van der Waals surface area (Å²) in [5.74, 6) is 0.324. The van der Waals surface area contributed by atoms with Crippen LogP contribution in [0.15, 0.2) is 12.1 Å². The van der Waals surface area contributed by atoms with Crippen LogP contribution in [-0.4, -0.2) is 21.0 Å². The van der Waals surface area contributed by atoms with Crippen LogP contribution in [0.5, 0.6) is 0 Å². The minimum absolute atomic E-state index is 0.207. The van der Waals surface area contributed by atoms with Gasteiger partial charge in [-0.05, 0) is 56.4 Å². The van der Waals surface area contributed by atoms with Crippen LogP contribution in [0.3, 0.4) is 0 Å². The van der Waals surface area contributed by atoms with Crippen molar-refractivity contribution in [2.45, 2.75) is 39.0 Å². The van der Waals surface area contributed by atoms with Crippen molar-refractivity contribution in [1.82, 2.24) is 9.97 Å². The first-order chi connectivity index (χ1) is 9.04. The first-order valence-corrected chi connectivity index (χ1v) is 6.74. The topological polar surface area (TPSA) is 66.0 Å². The van der Waals surface area contributed by atoms with E-state index in [0.29, 0.717) is 6.42 Å². The van der Waals surface area contributed by atoms with Gasteiger partial charge in [-0.15, -0.1) is 0 Å². The van der Waals surface area contributed by atoms with Gasteiger partial charge in [0.15, 0.2) is 0 Å². The first kappa shape index (κ1) is 12.2. The van der Waals surface area contributed by atoms with E-state index in [1.165, 1.54) is 11.1 Å². The molecule has 19 heavy (non-hydrogen) atoms. The van der Waals surface area contributed by atoms with Gasteiger partial charge in [0.1, 0.15) is 5.82 Å². The number of nitrogens with zero attached hydrogens (tertiary/aromatic N) is 1. The van der Waals surface area contributed by atoms with Gasteiger partial charge in [-0.25, -0.2) is 4.98 Å². The molecule has 1 aliphatic rings. The van der Waals surface area contributed by atoms with E-state index in [4.69, 9.17) is 5.11 Å². The third kappa shape index (κ3) is 2.11. The van der Waals surface area contributed by atoms with Gasteiger partial charge in [-0.3, -0.25) is 4.79 Å². The van der Waals surface area contributed by atoms with Crippen LogP contribution in [0.1, 0.15) is 42.1 Å².